The molecule has 2 aromatic carbocycles. The third kappa shape index (κ3) is 5.71. The van der Waals surface area contributed by atoms with E-state index in [1.54, 1.807) is 28.0 Å². The Balaban J connectivity index is 1.56. The number of hydrogen-bond acceptors (Lipinski definition) is 5. The zero-order valence-electron chi connectivity index (χ0n) is 15.6. The van der Waals surface area contributed by atoms with Crippen molar-refractivity contribution in [3.8, 4) is 11.5 Å². The second-order valence-electron chi connectivity index (χ2n) is 6.45. The number of benzene rings is 2. The van der Waals surface area contributed by atoms with Crippen LogP contribution in [0.5, 0.6) is 11.5 Å². The maximum Gasteiger partial charge on any atom is 0.573 e. The van der Waals surface area contributed by atoms with Crippen LogP contribution in [0.25, 0.3) is 0 Å². The molecule has 162 valence electrons. The fourth-order valence-electron chi connectivity index (χ4n) is 3.03. The van der Waals surface area contributed by atoms with Crippen molar-refractivity contribution in [1.82, 2.24) is 9.79 Å². The molecule has 2 N–H and O–H groups in total. The number of halogens is 3. The molecule has 1 unspecified atom stereocenters. The highest BCUT2D eigenvalue weighted by Gasteiger charge is 2.31. The molecule has 1 fully saturated rings. The number of amides is 1. The maximum absolute atomic E-state index is 12.9. The van der Waals surface area contributed by atoms with E-state index in [1.165, 1.54) is 30.3 Å². The molecule has 11 heteroatoms. The number of nitrogens with zero attached hydrogens (tertiary/aromatic N) is 1. The van der Waals surface area contributed by atoms with Gasteiger partial charge in [-0.2, -0.15) is 0 Å². The van der Waals surface area contributed by atoms with Crippen molar-refractivity contribution in [2.45, 2.75) is 30.2 Å². The molecule has 0 spiro atoms. The van der Waals surface area contributed by atoms with Gasteiger partial charge in [0.1, 0.15) is 28.6 Å². The van der Waals surface area contributed by atoms with Crippen molar-refractivity contribution in [2.75, 3.05) is 13.1 Å². The lowest BCUT2D eigenvalue weighted by molar-refractivity contribution is -0.274. The number of alkyl halides is 3. The standard InChI is InChI=1S/C19H19F3N2O5S/c20-19(21,22)29-15-7-5-13(6-8-15)28-14-9-11-24(12-10-14)30(27)17-4-2-1-3-16(17)18(25)23-26/h1-8,14,26H,9-12H2,(H,23,25). The lowest BCUT2D eigenvalue weighted by Crippen LogP contribution is -2.39. The Morgan fingerprint density at radius 3 is 2.27 bits per heavy atom. The topological polar surface area (TPSA) is 88.1 Å². The molecular weight excluding hydrogens is 425 g/mol. The minimum Gasteiger partial charge on any atom is -0.490 e. The molecular formula is C19H19F3N2O5S. The molecule has 0 bridgehead atoms. The van der Waals surface area contributed by atoms with Crippen LogP contribution in [-0.4, -0.2) is 45.2 Å². The summed E-state index contributed by atoms with van der Waals surface area (Å²) < 4.78 is 60.8. The van der Waals surface area contributed by atoms with Crippen LogP contribution in [0, 0.1) is 0 Å². The van der Waals surface area contributed by atoms with Gasteiger partial charge in [0.05, 0.1) is 10.5 Å². The Bertz CT molecular complexity index is 900. The maximum atomic E-state index is 12.9. The first-order valence-corrected chi connectivity index (χ1v) is 10.1. The molecule has 0 aromatic heterocycles. The number of ether oxygens (including phenoxy) is 2. The Hall–Kier alpha value is -2.63. The molecule has 2 aromatic rings. The SMILES string of the molecule is O=C(NO)c1ccccc1S(=O)N1CCC(Oc2ccc(OC(F)(F)F)cc2)CC1. The van der Waals surface area contributed by atoms with Crippen LogP contribution in [0.4, 0.5) is 13.2 Å². The minimum absolute atomic E-state index is 0.123. The predicted octanol–water partition coefficient (Wildman–Crippen LogP) is 3.27. The van der Waals surface area contributed by atoms with Crippen LogP contribution in [0.2, 0.25) is 0 Å². The smallest absolute Gasteiger partial charge is 0.490 e. The van der Waals surface area contributed by atoms with Gasteiger partial charge in [-0.15, -0.1) is 13.2 Å². The van der Waals surface area contributed by atoms with Crippen molar-refractivity contribution in [2.24, 2.45) is 0 Å². The van der Waals surface area contributed by atoms with Crippen LogP contribution in [-0.2, 0) is 11.0 Å². The van der Waals surface area contributed by atoms with Gasteiger partial charge in [0, 0.05) is 13.1 Å². The van der Waals surface area contributed by atoms with Crippen LogP contribution < -0.4 is 15.0 Å². The van der Waals surface area contributed by atoms with E-state index >= 15 is 0 Å². The first-order valence-electron chi connectivity index (χ1n) is 8.99. The predicted molar refractivity (Wildman–Crippen MR) is 100 cm³/mol. The third-order valence-electron chi connectivity index (χ3n) is 4.42. The number of hydroxylamine groups is 1. The fourth-order valence-corrected chi connectivity index (χ4v) is 4.40. The lowest BCUT2D eigenvalue weighted by atomic mass is 10.1. The summed E-state index contributed by atoms with van der Waals surface area (Å²) in [7, 11) is -1.60. The molecule has 1 heterocycles. The van der Waals surface area contributed by atoms with E-state index in [0.717, 1.165) is 0 Å². The van der Waals surface area contributed by atoms with E-state index in [2.05, 4.69) is 4.74 Å². The second-order valence-corrected chi connectivity index (χ2v) is 7.91. The van der Waals surface area contributed by atoms with Gasteiger partial charge < -0.3 is 9.47 Å². The number of carbonyl (C=O) groups is 1. The highest BCUT2D eigenvalue weighted by atomic mass is 32.2. The van der Waals surface area contributed by atoms with E-state index in [9.17, 15) is 22.2 Å². The summed E-state index contributed by atoms with van der Waals surface area (Å²) >= 11 is 0. The lowest BCUT2D eigenvalue weighted by Gasteiger charge is -2.31. The zero-order valence-corrected chi connectivity index (χ0v) is 16.4. The fraction of sp³-hybridized carbons (Fsp3) is 0.316. The molecule has 3 rings (SSSR count). The third-order valence-corrected chi connectivity index (χ3v) is 5.98. The molecule has 7 nitrogen and oxygen atoms in total. The first-order chi connectivity index (χ1) is 14.3. The van der Waals surface area contributed by atoms with Gasteiger partial charge in [-0.25, -0.2) is 14.0 Å². The zero-order chi connectivity index (χ0) is 21.7. The Morgan fingerprint density at radius 1 is 1.07 bits per heavy atom. The average Bonchev–Trinajstić information content (AvgIpc) is 2.73. The van der Waals surface area contributed by atoms with Crippen molar-refractivity contribution >= 4 is 16.9 Å². The molecule has 1 atom stereocenters. The Kier molecular flexibility index (Phi) is 6.95. The second kappa shape index (κ2) is 9.45. The molecule has 0 radical (unpaired) electrons. The number of carbonyl (C=O) groups excluding carboxylic acids is 1. The Morgan fingerprint density at radius 2 is 1.67 bits per heavy atom. The highest BCUT2D eigenvalue weighted by molar-refractivity contribution is 7.82. The minimum atomic E-state index is -4.75. The molecule has 0 saturated carbocycles. The van der Waals surface area contributed by atoms with Gasteiger partial charge in [-0.1, -0.05) is 12.1 Å². The monoisotopic (exact) mass is 444 g/mol. The summed E-state index contributed by atoms with van der Waals surface area (Å²) in [5.74, 6) is -0.658. The summed E-state index contributed by atoms with van der Waals surface area (Å²) in [5, 5.41) is 8.86. The van der Waals surface area contributed by atoms with Gasteiger partial charge >= 0.3 is 6.36 Å². The van der Waals surface area contributed by atoms with Crippen LogP contribution in [0.15, 0.2) is 53.4 Å². The molecule has 30 heavy (non-hydrogen) atoms. The van der Waals surface area contributed by atoms with E-state index < -0.39 is 23.3 Å². The number of rotatable bonds is 6. The normalized spacial score (nSPS) is 16.7. The summed E-state index contributed by atoms with van der Waals surface area (Å²) in [4.78, 5) is 12.1. The molecule has 1 aliphatic rings. The van der Waals surface area contributed by atoms with Gasteiger partial charge in [0.2, 0.25) is 0 Å². The summed E-state index contributed by atoms with van der Waals surface area (Å²) in [6.45, 7) is 0.864. The van der Waals surface area contributed by atoms with Crippen molar-refractivity contribution < 1.29 is 36.9 Å². The quantitative estimate of drug-likeness (QED) is 0.528. The molecule has 1 amide bonds. The van der Waals surface area contributed by atoms with Crippen LogP contribution in [0.3, 0.4) is 0 Å². The van der Waals surface area contributed by atoms with E-state index in [1.807, 2.05) is 0 Å². The van der Waals surface area contributed by atoms with Gasteiger partial charge in [0.25, 0.3) is 5.91 Å². The number of nitrogens with one attached hydrogen (secondary N) is 1. The van der Waals surface area contributed by atoms with Crippen molar-refractivity contribution in [1.29, 1.82) is 0 Å². The van der Waals surface area contributed by atoms with E-state index in [4.69, 9.17) is 9.94 Å². The Labute approximate surface area is 172 Å². The molecule has 1 saturated heterocycles. The van der Waals surface area contributed by atoms with Gasteiger partial charge in [0.15, 0.2) is 0 Å². The van der Waals surface area contributed by atoms with Crippen molar-refractivity contribution in [3.63, 3.8) is 0 Å². The largest absolute Gasteiger partial charge is 0.573 e. The van der Waals surface area contributed by atoms with E-state index in [0.29, 0.717) is 36.6 Å². The van der Waals surface area contributed by atoms with Crippen molar-refractivity contribution in [3.05, 3.63) is 54.1 Å². The number of hydrogen-bond donors (Lipinski definition) is 2. The summed E-state index contributed by atoms with van der Waals surface area (Å²) in [6.07, 6.45) is -3.85. The average molecular weight is 444 g/mol. The summed E-state index contributed by atoms with van der Waals surface area (Å²) in [5.41, 5.74) is 1.67. The first kappa shape index (κ1) is 22.1. The van der Waals surface area contributed by atoms with E-state index in [-0.39, 0.29) is 17.4 Å². The number of piperidine rings is 1. The van der Waals surface area contributed by atoms with Crippen LogP contribution >= 0.6 is 0 Å². The van der Waals surface area contributed by atoms with Gasteiger partial charge in [-0.05, 0) is 49.2 Å². The van der Waals surface area contributed by atoms with Gasteiger partial charge in [-0.3, -0.25) is 10.0 Å². The van der Waals surface area contributed by atoms with Crippen LogP contribution in [0.1, 0.15) is 23.2 Å². The molecule has 1 aliphatic heterocycles. The highest BCUT2D eigenvalue weighted by Crippen LogP contribution is 2.27. The molecule has 0 aliphatic carbocycles. The summed E-state index contributed by atoms with van der Waals surface area (Å²) in [6, 6.07) is 11.4.